The highest BCUT2D eigenvalue weighted by atomic mass is 79.9. The molecule has 0 spiro atoms. The van der Waals surface area contributed by atoms with Gasteiger partial charge in [-0.2, -0.15) is 0 Å². The Balaban J connectivity index is 1.83. The molecule has 23 heavy (non-hydrogen) atoms. The largest absolute Gasteiger partial charge is 0.356 e. The minimum Gasteiger partial charge on any atom is -0.356 e. The number of benzene rings is 1. The van der Waals surface area contributed by atoms with Gasteiger partial charge in [0.1, 0.15) is 0 Å². The minimum atomic E-state index is 0.00491. The van der Waals surface area contributed by atoms with E-state index in [-0.39, 0.29) is 23.7 Å². The number of carbonyl (C=O) groups is 2. The predicted octanol–water partition coefficient (Wildman–Crippen LogP) is 4.03. The maximum Gasteiger partial charge on any atom is 0.227 e. The van der Waals surface area contributed by atoms with Gasteiger partial charge in [0.25, 0.3) is 0 Å². The lowest BCUT2D eigenvalue weighted by Crippen LogP contribution is -2.35. The van der Waals surface area contributed by atoms with Crippen LogP contribution in [0.4, 0.5) is 5.69 Å². The Hall–Kier alpha value is -1.36. The molecule has 1 aliphatic carbocycles. The summed E-state index contributed by atoms with van der Waals surface area (Å²) in [6, 6.07) is 5.83. The Labute approximate surface area is 146 Å². The van der Waals surface area contributed by atoms with Crippen molar-refractivity contribution in [2.24, 2.45) is 11.8 Å². The fourth-order valence-corrected chi connectivity index (χ4v) is 3.30. The van der Waals surface area contributed by atoms with E-state index in [0.29, 0.717) is 0 Å². The van der Waals surface area contributed by atoms with E-state index in [9.17, 15) is 9.59 Å². The second-order valence-electron chi connectivity index (χ2n) is 6.29. The summed E-state index contributed by atoms with van der Waals surface area (Å²) in [4.78, 5) is 24.4. The van der Waals surface area contributed by atoms with Crippen molar-refractivity contribution in [2.45, 2.75) is 46.0 Å². The molecule has 5 heteroatoms. The molecule has 0 unspecified atom stereocenters. The third kappa shape index (κ3) is 5.06. The fraction of sp³-hybridized carbons (Fsp3) is 0.556. The van der Waals surface area contributed by atoms with Crippen LogP contribution in [0.15, 0.2) is 22.7 Å². The Morgan fingerprint density at radius 1 is 1.13 bits per heavy atom. The standard InChI is InChI=1S/C18H25BrN2O2/c1-3-10-20-17(22)13-5-7-14(8-6-13)18(23)21-15-9-4-12(2)16(19)11-15/h4,9,11,13-14H,3,5-8,10H2,1-2H3,(H,20,22)(H,21,23). The molecule has 0 aliphatic heterocycles. The van der Waals surface area contributed by atoms with Crippen LogP contribution in [0, 0.1) is 18.8 Å². The van der Waals surface area contributed by atoms with Crippen LogP contribution in [0.3, 0.4) is 0 Å². The van der Waals surface area contributed by atoms with Crippen LogP contribution in [0.5, 0.6) is 0 Å². The molecule has 4 nitrogen and oxygen atoms in total. The summed E-state index contributed by atoms with van der Waals surface area (Å²) in [5.41, 5.74) is 1.96. The summed E-state index contributed by atoms with van der Waals surface area (Å²) in [5.74, 6) is 0.283. The number of hydrogen-bond acceptors (Lipinski definition) is 2. The summed E-state index contributed by atoms with van der Waals surface area (Å²) < 4.78 is 0.992. The van der Waals surface area contributed by atoms with E-state index in [4.69, 9.17) is 0 Å². The second kappa shape index (κ2) is 8.48. The molecule has 1 saturated carbocycles. The molecule has 126 valence electrons. The number of amides is 2. The first-order chi connectivity index (χ1) is 11.0. The number of nitrogens with one attached hydrogen (secondary N) is 2. The van der Waals surface area contributed by atoms with E-state index in [0.717, 1.165) is 54.4 Å². The van der Waals surface area contributed by atoms with Gasteiger partial charge >= 0.3 is 0 Å². The molecule has 0 bridgehead atoms. The molecule has 0 atom stereocenters. The molecule has 2 rings (SSSR count). The summed E-state index contributed by atoms with van der Waals surface area (Å²) in [6.07, 6.45) is 4.11. The van der Waals surface area contributed by atoms with Crippen molar-refractivity contribution in [2.75, 3.05) is 11.9 Å². The number of anilines is 1. The first kappa shape index (κ1) is 18.0. The summed E-state index contributed by atoms with van der Waals surface area (Å²) >= 11 is 3.48. The van der Waals surface area contributed by atoms with Crippen LogP contribution in [0.1, 0.15) is 44.6 Å². The number of aryl methyl sites for hydroxylation is 1. The van der Waals surface area contributed by atoms with Crippen molar-refractivity contribution in [3.63, 3.8) is 0 Å². The number of hydrogen-bond donors (Lipinski definition) is 2. The SMILES string of the molecule is CCCNC(=O)C1CCC(C(=O)Nc2ccc(C)c(Br)c2)CC1. The van der Waals surface area contributed by atoms with Gasteiger partial charge in [-0.15, -0.1) is 0 Å². The second-order valence-corrected chi connectivity index (χ2v) is 7.15. The normalized spacial score (nSPS) is 20.8. The average molecular weight is 381 g/mol. The van der Waals surface area contributed by atoms with E-state index < -0.39 is 0 Å². The van der Waals surface area contributed by atoms with Gasteiger partial charge < -0.3 is 10.6 Å². The predicted molar refractivity (Wildman–Crippen MR) is 96.3 cm³/mol. The van der Waals surface area contributed by atoms with Crippen LogP contribution < -0.4 is 10.6 Å². The molecular weight excluding hydrogens is 356 g/mol. The van der Waals surface area contributed by atoms with E-state index in [1.807, 2.05) is 32.0 Å². The molecule has 1 aromatic rings. The van der Waals surface area contributed by atoms with Gasteiger partial charge in [-0.05, 0) is 56.7 Å². The highest BCUT2D eigenvalue weighted by Crippen LogP contribution is 2.30. The van der Waals surface area contributed by atoms with Crippen LogP contribution >= 0.6 is 15.9 Å². The lowest BCUT2D eigenvalue weighted by atomic mass is 9.81. The molecule has 2 amide bonds. The molecule has 1 aliphatic rings. The highest BCUT2D eigenvalue weighted by molar-refractivity contribution is 9.10. The molecule has 0 saturated heterocycles. The Morgan fingerprint density at radius 3 is 2.30 bits per heavy atom. The van der Waals surface area contributed by atoms with Crippen molar-refractivity contribution < 1.29 is 9.59 Å². The van der Waals surface area contributed by atoms with Gasteiger partial charge in [-0.3, -0.25) is 9.59 Å². The summed E-state index contributed by atoms with van der Waals surface area (Å²) in [5, 5.41) is 5.94. The number of carbonyl (C=O) groups excluding carboxylic acids is 2. The summed E-state index contributed by atoms with van der Waals surface area (Å²) in [7, 11) is 0. The molecule has 2 N–H and O–H groups in total. The minimum absolute atomic E-state index is 0.00491. The van der Waals surface area contributed by atoms with Crippen molar-refractivity contribution >= 4 is 33.4 Å². The molecule has 1 fully saturated rings. The van der Waals surface area contributed by atoms with Crippen molar-refractivity contribution in [3.05, 3.63) is 28.2 Å². The van der Waals surface area contributed by atoms with Gasteiger partial charge in [0.15, 0.2) is 0 Å². The van der Waals surface area contributed by atoms with Gasteiger partial charge in [0, 0.05) is 28.5 Å². The topological polar surface area (TPSA) is 58.2 Å². The third-order valence-electron chi connectivity index (χ3n) is 4.46. The maximum absolute atomic E-state index is 12.4. The number of halogens is 1. The zero-order chi connectivity index (χ0) is 16.8. The first-order valence-corrected chi connectivity index (χ1v) is 9.15. The van der Waals surface area contributed by atoms with Gasteiger partial charge in [0.05, 0.1) is 0 Å². The van der Waals surface area contributed by atoms with Crippen LogP contribution in [-0.4, -0.2) is 18.4 Å². The maximum atomic E-state index is 12.4. The zero-order valence-corrected chi connectivity index (χ0v) is 15.4. The van der Waals surface area contributed by atoms with Crippen LogP contribution in [-0.2, 0) is 9.59 Å². The molecule has 0 aromatic heterocycles. The lowest BCUT2D eigenvalue weighted by Gasteiger charge is -2.27. The highest BCUT2D eigenvalue weighted by Gasteiger charge is 2.29. The van der Waals surface area contributed by atoms with Crippen LogP contribution in [0.25, 0.3) is 0 Å². The van der Waals surface area contributed by atoms with E-state index in [2.05, 4.69) is 26.6 Å². The van der Waals surface area contributed by atoms with Gasteiger partial charge in [0.2, 0.25) is 11.8 Å². The molecule has 1 aromatic carbocycles. The smallest absolute Gasteiger partial charge is 0.227 e. The van der Waals surface area contributed by atoms with Crippen molar-refractivity contribution in [3.8, 4) is 0 Å². The van der Waals surface area contributed by atoms with E-state index in [1.165, 1.54) is 0 Å². The van der Waals surface area contributed by atoms with Gasteiger partial charge in [-0.25, -0.2) is 0 Å². The quantitative estimate of drug-likeness (QED) is 0.809. The monoisotopic (exact) mass is 380 g/mol. The summed E-state index contributed by atoms with van der Waals surface area (Å²) in [6.45, 7) is 4.80. The van der Waals surface area contributed by atoms with Crippen molar-refractivity contribution in [1.82, 2.24) is 5.32 Å². The zero-order valence-electron chi connectivity index (χ0n) is 13.8. The van der Waals surface area contributed by atoms with E-state index in [1.54, 1.807) is 0 Å². The Bertz CT molecular complexity index is 566. The fourth-order valence-electron chi connectivity index (χ4n) is 2.93. The third-order valence-corrected chi connectivity index (χ3v) is 5.31. The Kier molecular flexibility index (Phi) is 6.63. The van der Waals surface area contributed by atoms with Crippen LogP contribution in [0.2, 0.25) is 0 Å². The lowest BCUT2D eigenvalue weighted by molar-refractivity contribution is -0.128. The van der Waals surface area contributed by atoms with E-state index >= 15 is 0 Å². The number of rotatable bonds is 5. The average Bonchev–Trinajstić information content (AvgIpc) is 2.56. The van der Waals surface area contributed by atoms with Crippen molar-refractivity contribution in [1.29, 1.82) is 0 Å². The first-order valence-electron chi connectivity index (χ1n) is 8.36. The molecular formula is C18H25BrN2O2. The Morgan fingerprint density at radius 2 is 1.74 bits per heavy atom. The molecule has 0 radical (unpaired) electrons. The van der Waals surface area contributed by atoms with Gasteiger partial charge in [-0.1, -0.05) is 28.9 Å². The molecule has 0 heterocycles.